The van der Waals surface area contributed by atoms with Gasteiger partial charge in [-0.3, -0.25) is 0 Å². The minimum Gasteiger partial charge on any atom is -0.435 e. The van der Waals surface area contributed by atoms with Gasteiger partial charge in [0, 0.05) is 12.2 Å². The van der Waals surface area contributed by atoms with E-state index in [0.29, 0.717) is 0 Å². The predicted molar refractivity (Wildman–Crippen MR) is 173 cm³/mol. The Labute approximate surface area is 238 Å². The van der Waals surface area contributed by atoms with Crippen molar-refractivity contribution in [3.05, 3.63) is 25.3 Å². The van der Waals surface area contributed by atoms with Gasteiger partial charge in [-0.2, -0.15) is 0 Å². The summed E-state index contributed by atoms with van der Waals surface area (Å²) in [5.41, 5.74) is 0. The fourth-order valence-corrected chi connectivity index (χ4v) is 0.770. The molecule has 0 fully saturated rings. The van der Waals surface area contributed by atoms with Crippen LogP contribution in [0.3, 0.4) is 0 Å². The number of hydrogen-bond acceptors (Lipinski definition) is 7. The summed E-state index contributed by atoms with van der Waals surface area (Å²) < 4.78 is 19.3. The molecule has 0 saturated heterocycles. The maximum absolute atomic E-state index is 10.5. The zero-order chi connectivity index (χ0) is 21.7. The molecule has 1 N–H and O–H groups in total. The van der Waals surface area contributed by atoms with Crippen LogP contribution in [0.15, 0.2) is 25.3 Å². The summed E-state index contributed by atoms with van der Waals surface area (Å²) in [6.45, 7) is 18.1. The van der Waals surface area contributed by atoms with Crippen LogP contribution in [0.5, 0.6) is 0 Å². The van der Waals surface area contributed by atoms with Crippen molar-refractivity contribution < 1.29 is 33.6 Å². The number of aliphatic hydroxyl groups is 1. The van der Waals surface area contributed by atoms with E-state index in [9.17, 15) is 9.59 Å². The largest absolute Gasteiger partial charge is 0.435 e. The fraction of sp³-hybridized carbons (Fsp3) is 0.800. The van der Waals surface area contributed by atoms with Crippen LogP contribution in [0.2, 0.25) is 0 Å². The van der Waals surface area contributed by atoms with E-state index in [2.05, 4.69) is 22.6 Å². The van der Waals surface area contributed by atoms with Crippen LogP contribution in [0.4, 0.5) is 0 Å². The summed E-state index contributed by atoms with van der Waals surface area (Å²) in [4.78, 5) is 20.9. The SMILES string of the molecule is C.C.C.C.C.C.C.C.C.C.C=CC(=O)OCOC(C)CC.C=CC(=O)OCOC(C)CC.CCC(C)O.[Rf]. The van der Waals surface area contributed by atoms with Crippen molar-refractivity contribution in [1.82, 2.24) is 0 Å². The number of hydrogen-bond donors (Lipinski definition) is 1. The zero-order valence-corrected chi connectivity index (χ0v) is 24.8. The first-order valence-corrected chi connectivity index (χ1v) is 9.17. The van der Waals surface area contributed by atoms with Crippen LogP contribution in [0.1, 0.15) is 135 Å². The van der Waals surface area contributed by atoms with E-state index in [4.69, 9.17) is 14.6 Å². The van der Waals surface area contributed by atoms with Gasteiger partial charge < -0.3 is 24.1 Å². The first-order chi connectivity index (χ1) is 12.7. The molecule has 0 rings (SSSR count). The Morgan fingerprint density at radius 1 is 0.632 bits per heavy atom. The Bertz CT molecular complexity index is 359. The van der Waals surface area contributed by atoms with Gasteiger partial charge in [0.2, 0.25) is 0 Å². The van der Waals surface area contributed by atoms with E-state index in [1.165, 1.54) is 0 Å². The van der Waals surface area contributed by atoms with E-state index < -0.39 is 11.9 Å². The third-order valence-electron chi connectivity index (χ3n) is 3.18. The minimum absolute atomic E-state index is 0. The second-order valence-electron chi connectivity index (χ2n) is 5.60. The molecule has 0 aromatic heterocycles. The molecule has 3 atom stereocenters. The normalized spacial score (nSPS) is 9.03. The Balaban J connectivity index is -0.0000000172. The molecule has 0 bridgehead atoms. The molecule has 0 aliphatic heterocycles. The Morgan fingerprint density at radius 3 is 0.974 bits per heavy atom. The number of carbonyl (C=O) groups excluding carboxylic acids is 2. The van der Waals surface area contributed by atoms with E-state index in [1.807, 2.05) is 34.6 Å². The van der Waals surface area contributed by atoms with E-state index in [-0.39, 0.29) is 106 Å². The number of rotatable bonds is 11. The van der Waals surface area contributed by atoms with E-state index >= 15 is 0 Å². The molecule has 0 spiro atoms. The maximum atomic E-state index is 10.5. The van der Waals surface area contributed by atoms with Gasteiger partial charge in [-0.1, -0.05) is 108 Å². The molecule has 0 saturated carbocycles. The van der Waals surface area contributed by atoms with Crippen molar-refractivity contribution in [3.8, 4) is 0 Å². The molecule has 0 aliphatic rings. The van der Waals surface area contributed by atoms with Gasteiger partial charge in [-0.05, 0) is 40.0 Å². The molecule has 0 aromatic carbocycles. The Kier molecular flexibility index (Phi) is 169. The van der Waals surface area contributed by atoms with Crippen molar-refractivity contribution in [2.45, 2.75) is 153 Å². The fourth-order valence-electron chi connectivity index (χ4n) is 0.770. The van der Waals surface area contributed by atoms with Crippen molar-refractivity contribution in [2.75, 3.05) is 13.6 Å². The van der Waals surface area contributed by atoms with Crippen LogP contribution in [0.25, 0.3) is 0 Å². The van der Waals surface area contributed by atoms with Gasteiger partial charge in [0.15, 0.2) is 13.6 Å². The predicted octanol–water partition coefficient (Wildman–Crippen LogP) is 10.1. The minimum atomic E-state index is -0.451. The summed E-state index contributed by atoms with van der Waals surface area (Å²) in [5, 5.41) is 8.36. The van der Waals surface area contributed by atoms with Crippen molar-refractivity contribution in [2.24, 2.45) is 0 Å². The molecular weight excluding hydrogens is 739 g/mol. The first-order valence-electron chi connectivity index (χ1n) is 9.17. The summed E-state index contributed by atoms with van der Waals surface area (Å²) >= 11 is 0. The summed E-state index contributed by atoms with van der Waals surface area (Å²) in [7, 11) is 0. The third kappa shape index (κ3) is 93.3. The van der Waals surface area contributed by atoms with E-state index in [1.54, 1.807) is 6.92 Å². The summed E-state index contributed by atoms with van der Waals surface area (Å²) in [6.07, 6.45) is 5.05. The van der Waals surface area contributed by atoms with Crippen LogP contribution < -0.4 is 0 Å². The standard InChI is InChI=1S/2C8H14O3.C4H10O.10CH4.Rf/c2*1-4-7(3)10-6-11-8(9)5-2;1-3-4(2)5;;;;;;;;;;;/h2*5,7H,2,4,6H2,1,3H3;4-5H,3H2,1-2H3;10*1H4;. The van der Waals surface area contributed by atoms with Crippen molar-refractivity contribution >= 4 is 11.9 Å². The van der Waals surface area contributed by atoms with Crippen LogP contribution >= 0.6 is 0 Å². The molecule has 0 radical (unpaired) electrons. The smallest absolute Gasteiger partial charge is 0.332 e. The van der Waals surface area contributed by atoms with Gasteiger partial charge in [0.05, 0.1) is 18.3 Å². The van der Waals surface area contributed by atoms with E-state index in [0.717, 1.165) is 31.4 Å². The Morgan fingerprint density at radius 2 is 0.842 bits per heavy atom. The molecule has 242 valence electrons. The summed E-state index contributed by atoms with van der Waals surface area (Å²) in [5.74, 6) is -0.901. The molecule has 0 aliphatic carbocycles. The third-order valence-corrected chi connectivity index (χ3v) is 3.18. The van der Waals surface area contributed by atoms with Crippen LogP contribution in [-0.2, 0) is 28.5 Å². The number of aliphatic hydroxyl groups excluding tert-OH is 1. The Hall–Kier alpha value is -2.70. The topological polar surface area (TPSA) is 91.3 Å². The molecule has 0 aromatic rings. The molecule has 7 nitrogen and oxygen atoms in total. The van der Waals surface area contributed by atoms with Gasteiger partial charge >= 0.3 is 11.9 Å². The van der Waals surface area contributed by atoms with Crippen molar-refractivity contribution in [3.63, 3.8) is 0 Å². The molecule has 38 heavy (non-hydrogen) atoms. The van der Waals surface area contributed by atoms with Gasteiger partial charge in [-0.25, -0.2) is 9.59 Å². The molecule has 0 amide bonds. The average molecular weight is 818 g/mol. The van der Waals surface area contributed by atoms with Crippen LogP contribution in [-0.4, -0.2) is 48.9 Å². The maximum Gasteiger partial charge on any atom is 0.332 e. The monoisotopic (exact) mass is 818 g/mol. The van der Waals surface area contributed by atoms with Gasteiger partial charge in [0.1, 0.15) is 0 Å². The number of ether oxygens (including phenoxy) is 4. The quantitative estimate of drug-likeness (QED) is 0.126. The number of carbonyl (C=O) groups is 2. The molecule has 0 heterocycles. The zero-order valence-electron chi connectivity index (χ0n) is 18.4. The summed E-state index contributed by atoms with van der Waals surface area (Å²) in [6, 6.07) is 0. The van der Waals surface area contributed by atoms with Crippen molar-refractivity contribution in [1.29, 1.82) is 0 Å². The first kappa shape index (κ1) is 91.5. The van der Waals surface area contributed by atoms with Gasteiger partial charge in [0.25, 0.3) is 0 Å². The van der Waals surface area contributed by atoms with Crippen LogP contribution in [0, 0.1) is 0 Å². The molecule has 3 unspecified atom stereocenters. The van der Waals surface area contributed by atoms with Gasteiger partial charge in [-0.15, -0.1) is 0 Å². The number of esters is 2. The molecular formula is C30H78O7Rf. The molecule has 8 heteroatoms. The second-order valence-corrected chi connectivity index (χ2v) is 5.60. The second kappa shape index (κ2) is 70.1. The average Bonchev–Trinajstić information content (AvgIpc) is 2.67.